The largest absolute Gasteiger partial charge is 0.392 e. The lowest BCUT2D eigenvalue weighted by Crippen LogP contribution is -2.34. The summed E-state index contributed by atoms with van der Waals surface area (Å²) in [5.41, 5.74) is 7.17. The van der Waals surface area contributed by atoms with E-state index in [-0.39, 0.29) is 11.4 Å². The summed E-state index contributed by atoms with van der Waals surface area (Å²) in [4.78, 5) is 44.3. The van der Waals surface area contributed by atoms with Gasteiger partial charge in [-0.05, 0) is 36.2 Å². The number of aromatic nitrogens is 5. The quantitative estimate of drug-likeness (QED) is 0.339. The molecule has 1 aromatic carbocycles. The Hall–Kier alpha value is -4.47. The molecule has 5 N–H and O–H groups in total. The molecule has 4 rings (SSSR count). The summed E-state index contributed by atoms with van der Waals surface area (Å²) >= 11 is 0. The van der Waals surface area contributed by atoms with Crippen molar-refractivity contribution in [3.63, 3.8) is 0 Å². The molecule has 168 valence electrons. The van der Waals surface area contributed by atoms with E-state index in [9.17, 15) is 14.4 Å². The van der Waals surface area contributed by atoms with Crippen molar-refractivity contribution in [1.29, 1.82) is 0 Å². The van der Waals surface area contributed by atoms with Crippen molar-refractivity contribution in [3.05, 3.63) is 98.8 Å². The summed E-state index contributed by atoms with van der Waals surface area (Å²) in [5.74, 6) is -0.643. The maximum Gasteiger partial charge on any atom is 0.326 e. The molecule has 0 saturated carbocycles. The molecule has 1 unspecified atom stereocenters. The maximum atomic E-state index is 12.6. The highest BCUT2D eigenvalue weighted by Gasteiger charge is 2.17. The highest BCUT2D eigenvalue weighted by Crippen LogP contribution is 2.23. The van der Waals surface area contributed by atoms with Crippen LogP contribution in [0.25, 0.3) is 11.1 Å². The average Bonchev–Trinajstić information content (AvgIpc) is 3.30. The number of hydrogen-bond donors (Lipinski definition) is 4. The number of anilines is 1. The molecule has 10 nitrogen and oxygen atoms in total. The lowest BCUT2D eigenvalue weighted by molar-refractivity contribution is 0.0935. The minimum atomic E-state index is -0.807. The Morgan fingerprint density at radius 1 is 1.15 bits per heavy atom. The highest BCUT2D eigenvalue weighted by atomic mass is 16.2. The number of nitrogens with two attached hydrogens (primary N) is 1. The Labute approximate surface area is 188 Å². The Morgan fingerprint density at radius 2 is 2.00 bits per heavy atom. The number of amides is 1. The van der Waals surface area contributed by atoms with Gasteiger partial charge in [0, 0.05) is 36.6 Å². The van der Waals surface area contributed by atoms with Crippen molar-refractivity contribution in [2.75, 3.05) is 5.73 Å². The summed E-state index contributed by atoms with van der Waals surface area (Å²) in [6.45, 7) is 2.51. The molecule has 0 fully saturated rings. The Morgan fingerprint density at radius 3 is 2.79 bits per heavy atom. The molecule has 10 heteroatoms. The number of nitrogens with zero attached hydrogens (tertiary/aromatic N) is 3. The smallest absolute Gasteiger partial charge is 0.326 e. The summed E-state index contributed by atoms with van der Waals surface area (Å²) < 4.78 is 1.87. The molecular formula is C23H23N7O3. The summed E-state index contributed by atoms with van der Waals surface area (Å²) in [7, 11) is 0. The van der Waals surface area contributed by atoms with E-state index in [1.807, 2.05) is 58.3 Å². The first kappa shape index (κ1) is 21.8. The van der Waals surface area contributed by atoms with Gasteiger partial charge in [0.1, 0.15) is 11.4 Å². The van der Waals surface area contributed by atoms with E-state index >= 15 is 0 Å². The van der Waals surface area contributed by atoms with Crippen molar-refractivity contribution in [3.8, 4) is 11.1 Å². The second-order valence-electron chi connectivity index (χ2n) is 7.58. The Bertz CT molecular complexity index is 1390. The fraction of sp³-hybridized carbons (Fsp3) is 0.174. The molecule has 0 aliphatic carbocycles. The number of nitrogen functional groups attached to an aromatic ring is 1. The Kier molecular flexibility index (Phi) is 6.16. The van der Waals surface area contributed by atoms with E-state index in [0.717, 1.165) is 28.8 Å². The van der Waals surface area contributed by atoms with Crippen LogP contribution >= 0.6 is 0 Å². The van der Waals surface area contributed by atoms with Crippen LogP contribution in [0.3, 0.4) is 0 Å². The van der Waals surface area contributed by atoms with Gasteiger partial charge in [0.15, 0.2) is 0 Å². The second-order valence-corrected chi connectivity index (χ2v) is 7.58. The SMILES string of the molecule is CC(NC(=O)c1[nH]c(=O)[nH]c(=O)c1N)c1cccc(-c2cnn(CCc3ccccn3)c2)c1. The monoisotopic (exact) mass is 445 g/mol. The zero-order valence-electron chi connectivity index (χ0n) is 17.9. The van der Waals surface area contributed by atoms with E-state index in [2.05, 4.69) is 20.4 Å². The van der Waals surface area contributed by atoms with Gasteiger partial charge in [0.2, 0.25) is 0 Å². The first-order chi connectivity index (χ1) is 15.9. The highest BCUT2D eigenvalue weighted by molar-refractivity contribution is 5.97. The van der Waals surface area contributed by atoms with Crippen LogP contribution in [-0.4, -0.2) is 30.6 Å². The number of pyridine rings is 1. The standard InChI is InChI=1S/C23H23N7O3/c1-14(27-22(32)20-19(24)21(31)29-23(33)28-20)15-5-4-6-16(11-15)17-12-26-30(13-17)10-8-18-7-2-3-9-25-18/h2-7,9,11-14H,8,10,24H2,1H3,(H,27,32)(H2,28,29,31,33). The molecule has 33 heavy (non-hydrogen) atoms. The lowest BCUT2D eigenvalue weighted by atomic mass is 10.0. The fourth-order valence-electron chi connectivity index (χ4n) is 3.42. The minimum Gasteiger partial charge on any atom is -0.392 e. The number of rotatable bonds is 7. The first-order valence-corrected chi connectivity index (χ1v) is 10.4. The van der Waals surface area contributed by atoms with Crippen molar-refractivity contribution in [2.24, 2.45) is 0 Å². The number of aromatic amines is 2. The third-order valence-corrected chi connectivity index (χ3v) is 5.23. The molecule has 4 aromatic rings. The summed E-state index contributed by atoms with van der Waals surface area (Å²) in [5, 5.41) is 7.20. The van der Waals surface area contributed by atoms with Crippen LogP contribution in [0.4, 0.5) is 5.69 Å². The van der Waals surface area contributed by atoms with Crippen LogP contribution in [-0.2, 0) is 13.0 Å². The molecule has 0 saturated heterocycles. The van der Waals surface area contributed by atoms with Gasteiger partial charge in [0.25, 0.3) is 11.5 Å². The molecular weight excluding hydrogens is 422 g/mol. The summed E-state index contributed by atoms with van der Waals surface area (Å²) in [6, 6.07) is 13.1. The van der Waals surface area contributed by atoms with Crippen molar-refractivity contribution in [2.45, 2.75) is 25.9 Å². The third kappa shape index (κ3) is 5.06. The molecule has 0 aliphatic heterocycles. The van der Waals surface area contributed by atoms with Crippen LogP contribution in [0.2, 0.25) is 0 Å². The number of aryl methyl sites for hydroxylation is 2. The van der Waals surface area contributed by atoms with Gasteiger partial charge < -0.3 is 16.0 Å². The molecule has 1 atom stereocenters. The molecule has 3 heterocycles. The number of carbonyl (C=O) groups is 1. The fourth-order valence-corrected chi connectivity index (χ4v) is 3.42. The van der Waals surface area contributed by atoms with Crippen molar-refractivity contribution < 1.29 is 4.79 Å². The van der Waals surface area contributed by atoms with Gasteiger partial charge >= 0.3 is 5.69 Å². The maximum absolute atomic E-state index is 12.6. The molecule has 0 radical (unpaired) electrons. The number of hydrogen-bond acceptors (Lipinski definition) is 6. The zero-order chi connectivity index (χ0) is 23.4. The number of H-pyrrole nitrogens is 2. The van der Waals surface area contributed by atoms with E-state index in [1.54, 1.807) is 19.3 Å². The topological polar surface area (TPSA) is 152 Å². The van der Waals surface area contributed by atoms with E-state index < -0.39 is 23.2 Å². The van der Waals surface area contributed by atoms with Crippen LogP contribution < -0.4 is 22.3 Å². The van der Waals surface area contributed by atoms with Crippen molar-refractivity contribution in [1.82, 2.24) is 30.0 Å². The molecule has 3 aromatic heterocycles. The van der Waals surface area contributed by atoms with Gasteiger partial charge in [0.05, 0.1) is 12.2 Å². The van der Waals surface area contributed by atoms with Gasteiger partial charge in [-0.1, -0.05) is 24.3 Å². The number of nitrogens with one attached hydrogen (secondary N) is 3. The van der Waals surface area contributed by atoms with Gasteiger partial charge in [-0.25, -0.2) is 4.79 Å². The molecule has 0 aliphatic rings. The first-order valence-electron chi connectivity index (χ1n) is 10.4. The van der Waals surface area contributed by atoms with Gasteiger partial charge in [-0.2, -0.15) is 5.10 Å². The summed E-state index contributed by atoms with van der Waals surface area (Å²) in [6.07, 6.45) is 6.31. The lowest BCUT2D eigenvalue weighted by Gasteiger charge is -2.15. The number of benzene rings is 1. The second kappa shape index (κ2) is 9.35. The van der Waals surface area contributed by atoms with Crippen molar-refractivity contribution >= 4 is 11.6 Å². The van der Waals surface area contributed by atoms with Crippen LogP contribution in [0.15, 0.2) is 70.6 Å². The predicted octanol–water partition coefficient (Wildman–Crippen LogP) is 1.64. The Balaban J connectivity index is 1.47. The minimum absolute atomic E-state index is 0.263. The number of carbonyl (C=O) groups excluding carboxylic acids is 1. The van der Waals surface area contributed by atoms with E-state index in [1.165, 1.54) is 0 Å². The normalized spacial score (nSPS) is 11.8. The molecule has 1 amide bonds. The van der Waals surface area contributed by atoms with E-state index in [4.69, 9.17) is 5.73 Å². The predicted molar refractivity (Wildman–Crippen MR) is 124 cm³/mol. The zero-order valence-corrected chi connectivity index (χ0v) is 17.9. The van der Waals surface area contributed by atoms with E-state index in [0.29, 0.717) is 6.54 Å². The molecule has 0 bridgehead atoms. The van der Waals surface area contributed by atoms with Crippen LogP contribution in [0.5, 0.6) is 0 Å². The van der Waals surface area contributed by atoms with Gasteiger partial charge in [-0.3, -0.25) is 24.2 Å². The van der Waals surface area contributed by atoms with Crippen LogP contribution in [0, 0.1) is 0 Å². The van der Waals surface area contributed by atoms with Crippen LogP contribution in [0.1, 0.15) is 34.7 Å². The van der Waals surface area contributed by atoms with Gasteiger partial charge in [-0.15, -0.1) is 0 Å². The average molecular weight is 445 g/mol. The molecule has 0 spiro atoms. The third-order valence-electron chi connectivity index (χ3n) is 5.23.